The molecule has 0 saturated heterocycles. The number of hydrogen-bond donors (Lipinski definition) is 2. The Labute approximate surface area is 120 Å². The standard InChI is InChI=1S/C14H17F3O4/c1-2-3-4-5-6-7-8-9(15)10(16)11(17)12(18)13(8)21-14(19)20/h18H,2-7H2,1H3,(H,19,20). The monoisotopic (exact) mass is 306 g/mol. The first-order valence-electron chi connectivity index (χ1n) is 6.69. The minimum Gasteiger partial charge on any atom is -0.502 e. The van der Waals surface area contributed by atoms with Gasteiger partial charge in [-0.1, -0.05) is 32.6 Å². The van der Waals surface area contributed by atoms with Crippen LogP contribution in [0.1, 0.15) is 44.6 Å². The number of carboxylic acid groups (broad SMARTS) is 1. The fourth-order valence-corrected chi connectivity index (χ4v) is 2.00. The minimum atomic E-state index is -1.86. The van der Waals surface area contributed by atoms with Crippen LogP contribution in [0.15, 0.2) is 0 Å². The van der Waals surface area contributed by atoms with Crippen LogP contribution in [0.2, 0.25) is 0 Å². The summed E-state index contributed by atoms with van der Waals surface area (Å²) in [5.74, 6) is -7.45. The second kappa shape index (κ2) is 7.75. The third-order valence-electron chi connectivity index (χ3n) is 3.07. The van der Waals surface area contributed by atoms with E-state index in [-0.39, 0.29) is 6.42 Å². The van der Waals surface area contributed by atoms with E-state index in [0.717, 1.165) is 25.7 Å². The predicted molar refractivity (Wildman–Crippen MR) is 69.1 cm³/mol. The quantitative estimate of drug-likeness (QED) is 0.339. The summed E-state index contributed by atoms with van der Waals surface area (Å²) < 4.78 is 44.4. The molecule has 1 aromatic carbocycles. The van der Waals surface area contributed by atoms with Gasteiger partial charge < -0.3 is 14.9 Å². The molecule has 0 fully saturated rings. The van der Waals surface area contributed by atoms with E-state index < -0.39 is 40.7 Å². The largest absolute Gasteiger partial charge is 0.511 e. The summed E-state index contributed by atoms with van der Waals surface area (Å²) in [6, 6.07) is 0. The number of benzene rings is 1. The topological polar surface area (TPSA) is 66.8 Å². The Bertz CT molecular complexity index is 518. The third kappa shape index (κ3) is 4.27. The van der Waals surface area contributed by atoms with Crippen LogP contribution >= 0.6 is 0 Å². The summed E-state index contributed by atoms with van der Waals surface area (Å²) in [5, 5.41) is 17.9. The SMILES string of the molecule is CCCCCCCc1c(F)c(F)c(F)c(O)c1OC(=O)O. The van der Waals surface area contributed by atoms with Crippen molar-refractivity contribution in [3.63, 3.8) is 0 Å². The van der Waals surface area contributed by atoms with Crippen LogP contribution in [-0.4, -0.2) is 16.4 Å². The number of carbonyl (C=O) groups is 1. The van der Waals surface area contributed by atoms with Crippen molar-refractivity contribution >= 4 is 6.16 Å². The van der Waals surface area contributed by atoms with Crippen molar-refractivity contribution in [3.8, 4) is 11.5 Å². The lowest BCUT2D eigenvalue weighted by atomic mass is 10.0. The van der Waals surface area contributed by atoms with E-state index in [1.807, 2.05) is 6.92 Å². The molecule has 21 heavy (non-hydrogen) atoms. The van der Waals surface area contributed by atoms with Gasteiger partial charge in [-0.2, -0.15) is 4.39 Å². The number of halogens is 3. The summed E-state index contributed by atoms with van der Waals surface area (Å²) in [6.45, 7) is 2.02. The van der Waals surface area contributed by atoms with Gasteiger partial charge in [0.1, 0.15) is 0 Å². The van der Waals surface area contributed by atoms with Gasteiger partial charge in [0.05, 0.1) is 0 Å². The fraction of sp³-hybridized carbons (Fsp3) is 0.500. The average molecular weight is 306 g/mol. The first-order valence-corrected chi connectivity index (χ1v) is 6.69. The molecule has 0 aliphatic carbocycles. The van der Waals surface area contributed by atoms with Crippen molar-refractivity contribution in [1.82, 2.24) is 0 Å². The molecule has 1 rings (SSSR count). The summed E-state index contributed by atoms with van der Waals surface area (Å²) in [6.07, 6.45) is 2.16. The Morgan fingerprint density at radius 3 is 2.24 bits per heavy atom. The van der Waals surface area contributed by atoms with Crippen LogP contribution < -0.4 is 4.74 Å². The van der Waals surface area contributed by atoms with Crippen LogP contribution in [0.25, 0.3) is 0 Å². The van der Waals surface area contributed by atoms with Gasteiger partial charge in [0, 0.05) is 5.56 Å². The van der Waals surface area contributed by atoms with Crippen molar-refractivity contribution in [2.45, 2.75) is 45.4 Å². The third-order valence-corrected chi connectivity index (χ3v) is 3.07. The van der Waals surface area contributed by atoms with Gasteiger partial charge in [-0.05, 0) is 12.8 Å². The Kier molecular flexibility index (Phi) is 6.33. The van der Waals surface area contributed by atoms with E-state index in [4.69, 9.17) is 5.11 Å². The number of hydrogen-bond acceptors (Lipinski definition) is 3. The fourth-order valence-electron chi connectivity index (χ4n) is 2.00. The number of ether oxygens (including phenoxy) is 1. The lowest BCUT2D eigenvalue weighted by Gasteiger charge is -2.12. The summed E-state index contributed by atoms with van der Waals surface area (Å²) >= 11 is 0. The second-order valence-corrected chi connectivity index (χ2v) is 4.63. The molecule has 0 heterocycles. The number of phenolic OH excluding ortho intramolecular Hbond substituents is 1. The van der Waals surface area contributed by atoms with Crippen LogP contribution in [0.3, 0.4) is 0 Å². The van der Waals surface area contributed by atoms with E-state index in [1.54, 1.807) is 0 Å². The molecule has 2 N–H and O–H groups in total. The molecular formula is C14H17F3O4. The molecule has 0 radical (unpaired) electrons. The Morgan fingerprint density at radius 1 is 1.05 bits per heavy atom. The van der Waals surface area contributed by atoms with Crippen LogP contribution in [0.5, 0.6) is 11.5 Å². The van der Waals surface area contributed by atoms with Gasteiger partial charge in [-0.15, -0.1) is 0 Å². The molecule has 0 aliphatic rings. The van der Waals surface area contributed by atoms with E-state index in [9.17, 15) is 23.1 Å². The first-order chi connectivity index (χ1) is 9.90. The van der Waals surface area contributed by atoms with E-state index in [0.29, 0.717) is 6.42 Å². The van der Waals surface area contributed by atoms with E-state index in [2.05, 4.69) is 4.74 Å². The zero-order valence-electron chi connectivity index (χ0n) is 11.6. The van der Waals surface area contributed by atoms with Gasteiger partial charge in [0.2, 0.25) is 5.82 Å². The van der Waals surface area contributed by atoms with Crippen LogP contribution in [0, 0.1) is 17.5 Å². The van der Waals surface area contributed by atoms with Crippen LogP contribution in [0.4, 0.5) is 18.0 Å². The predicted octanol–water partition coefficient (Wildman–Crippen LogP) is 4.38. The zero-order chi connectivity index (χ0) is 16.0. The Morgan fingerprint density at radius 2 is 1.67 bits per heavy atom. The van der Waals surface area contributed by atoms with Gasteiger partial charge in [-0.25, -0.2) is 13.6 Å². The van der Waals surface area contributed by atoms with Crippen molar-refractivity contribution in [3.05, 3.63) is 23.0 Å². The molecule has 0 unspecified atom stereocenters. The molecule has 1 aromatic rings. The smallest absolute Gasteiger partial charge is 0.502 e. The Balaban J connectivity index is 3.01. The minimum absolute atomic E-state index is 0.0527. The second-order valence-electron chi connectivity index (χ2n) is 4.63. The maximum absolute atomic E-state index is 13.7. The first kappa shape index (κ1) is 17.1. The highest BCUT2D eigenvalue weighted by molar-refractivity contribution is 5.64. The molecule has 7 heteroatoms. The molecule has 0 aliphatic heterocycles. The van der Waals surface area contributed by atoms with E-state index >= 15 is 0 Å². The van der Waals surface area contributed by atoms with Crippen LogP contribution in [-0.2, 0) is 6.42 Å². The molecule has 0 bridgehead atoms. The summed E-state index contributed by atoms with van der Waals surface area (Å²) in [5.41, 5.74) is -0.467. The number of unbranched alkanes of at least 4 members (excludes halogenated alkanes) is 4. The molecule has 0 atom stereocenters. The van der Waals surface area contributed by atoms with Crippen molar-refractivity contribution in [2.75, 3.05) is 0 Å². The maximum Gasteiger partial charge on any atom is 0.511 e. The van der Waals surface area contributed by atoms with Crippen molar-refractivity contribution in [1.29, 1.82) is 0 Å². The molecule has 0 amide bonds. The molecule has 4 nitrogen and oxygen atoms in total. The zero-order valence-corrected chi connectivity index (χ0v) is 11.6. The lowest BCUT2D eigenvalue weighted by molar-refractivity contribution is 0.141. The lowest BCUT2D eigenvalue weighted by Crippen LogP contribution is -2.10. The molecule has 0 aromatic heterocycles. The summed E-state index contributed by atoms with van der Waals surface area (Å²) in [4.78, 5) is 10.5. The highest BCUT2D eigenvalue weighted by Crippen LogP contribution is 2.38. The van der Waals surface area contributed by atoms with Gasteiger partial charge in [-0.3, -0.25) is 0 Å². The highest BCUT2D eigenvalue weighted by Gasteiger charge is 2.27. The van der Waals surface area contributed by atoms with Gasteiger partial charge in [0.15, 0.2) is 23.1 Å². The normalized spacial score (nSPS) is 10.7. The van der Waals surface area contributed by atoms with Crippen molar-refractivity contribution < 1.29 is 32.9 Å². The number of aromatic hydroxyl groups is 1. The highest BCUT2D eigenvalue weighted by atomic mass is 19.2. The Hall–Kier alpha value is -1.92. The maximum atomic E-state index is 13.7. The average Bonchev–Trinajstić information content (AvgIpc) is 2.44. The van der Waals surface area contributed by atoms with E-state index in [1.165, 1.54) is 0 Å². The molecular weight excluding hydrogens is 289 g/mol. The molecule has 0 spiro atoms. The van der Waals surface area contributed by atoms with Gasteiger partial charge in [0.25, 0.3) is 0 Å². The number of rotatable bonds is 7. The summed E-state index contributed by atoms with van der Waals surface area (Å²) in [7, 11) is 0. The number of phenols is 1. The van der Waals surface area contributed by atoms with Crippen molar-refractivity contribution in [2.24, 2.45) is 0 Å². The van der Waals surface area contributed by atoms with Gasteiger partial charge >= 0.3 is 6.16 Å². The molecule has 118 valence electrons. The molecule has 0 saturated carbocycles.